The fourth-order valence-corrected chi connectivity index (χ4v) is 2.18. The Morgan fingerprint density at radius 1 is 1.50 bits per heavy atom. The molecule has 16 heavy (non-hydrogen) atoms. The smallest absolute Gasteiger partial charge is 0.155 e. The highest BCUT2D eigenvalue weighted by molar-refractivity contribution is 5.89. The molecule has 1 unspecified atom stereocenters. The highest BCUT2D eigenvalue weighted by Crippen LogP contribution is 2.24. The number of carbonyl (C=O) groups is 1. The number of anilines is 1. The number of benzene rings is 1. The van der Waals surface area contributed by atoms with Crippen LogP contribution in [0.15, 0.2) is 24.3 Å². The molecule has 1 aromatic carbocycles. The molecule has 1 fully saturated rings. The van der Waals surface area contributed by atoms with Crippen LogP contribution < -0.4 is 4.90 Å². The van der Waals surface area contributed by atoms with Gasteiger partial charge in [0.15, 0.2) is 5.78 Å². The zero-order valence-corrected chi connectivity index (χ0v) is 9.31. The van der Waals surface area contributed by atoms with Crippen molar-refractivity contribution in [2.24, 2.45) is 0 Å². The fourth-order valence-electron chi connectivity index (χ4n) is 2.18. The molecule has 1 aliphatic rings. The van der Waals surface area contributed by atoms with Crippen molar-refractivity contribution < 1.29 is 4.79 Å². The van der Waals surface area contributed by atoms with Crippen molar-refractivity contribution in [1.29, 1.82) is 5.26 Å². The molecular weight excluding hydrogens is 200 g/mol. The summed E-state index contributed by atoms with van der Waals surface area (Å²) in [7, 11) is 1.92. The van der Waals surface area contributed by atoms with Crippen LogP contribution in [-0.4, -0.2) is 18.9 Å². The molecule has 82 valence electrons. The van der Waals surface area contributed by atoms with Gasteiger partial charge in [-0.05, 0) is 31.0 Å². The highest BCUT2D eigenvalue weighted by atomic mass is 16.1. The van der Waals surface area contributed by atoms with E-state index < -0.39 is 0 Å². The van der Waals surface area contributed by atoms with E-state index >= 15 is 0 Å². The molecule has 1 saturated carbocycles. The Balaban J connectivity index is 2.23. The van der Waals surface area contributed by atoms with E-state index in [4.69, 9.17) is 5.26 Å². The average Bonchev–Trinajstić information content (AvgIpc) is 2.74. The van der Waals surface area contributed by atoms with Gasteiger partial charge in [0.25, 0.3) is 0 Å². The van der Waals surface area contributed by atoms with Gasteiger partial charge in [-0.2, -0.15) is 5.26 Å². The van der Waals surface area contributed by atoms with Gasteiger partial charge < -0.3 is 4.90 Å². The molecule has 0 aromatic heterocycles. The van der Waals surface area contributed by atoms with Crippen molar-refractivity contribution >= 4 is 11.5 Å². The normalized spacial score (nSPS) is 19.5. The first-order chi connectivity index (χ1) is 7.72. The molecule has 0 aliphatic heterocycles. The molecule has 3 heteroatoms. The summed E-state index contributed by atoms with van der Waals surface area (Å²) in [6, 6.07) is 9.49. The van der Waals surface area contributed by atoms with Gasteiger partial charge in [-0.15, -0.1) is 0 Å². The molecule has 0 saturated heterocycles. The van der Waals surface area contributed by atoms with Crippen LogP contribution in [0.2, 0.25) is 0 Å². The van der Waals surface area contributed by atoms with E-state index in [2.05, 4.69) is 6.07 Å². The van der Waals surface area contributed by atoms with Gasteiger partial charge >= 0.3 is 0 Å². The maximum absolute atomic E-state index is 11.6. The third kappa shape index (κ3) is 1.92. The second-order valence-electron chi connectivity index (χ2n) is 4.15. The molecule has 1 atom stereocenters. The number of rotatable bonds is 2. The summed E-state index contributed by atoms with van der Waals surface area (Å²) >= 11 is 0. The van der Waals surface area contributed by atoms with E-state index in [1.165, 1.54) is 0 Å². The zero-order chi connectivity index (χ0) is 11.5. The molecular formula is C13H14N2O. The number of hydrogen-bond acceptors (Lipinski definition) is 3. The summed E-state index contributed by atoms with van der Waals surface area (Å²) in [5, 5.41) is 8.83. The van der Waals surface area contributed by atoms with Crippen LogP contribution in [-0.2, 0) is 4.79 Å². The minimum atomic E-state index is -0.00561. The molecule has 1 aromatic rings. The van der Waals surface area contributed by atoms with Crippen LogP contribution in [0.25, 0.3) is 0 Å². The number of ketones is 1. The van der Waals surface area contributed by atoms with Crippen LogP contribution in [0.3, 0.4) is 0 Å². The maximum atomic E-state index is 11.6. The summed E-state index contributed by atoms with van der Waals surface area (Å²) < 4.78 is 0. The predicted octanol–water partition coefficient (Wildman–Crippen LogP) is 2.12. The lowest BCUT2D eigenvalue weighted by atomic mass is 10.1. The number of Topliss-reactive ketones (excluding diaryl/α,β-unsaturated/α-hetero) is 1. The minimum Gasteiger partial charge on any atom is -0.365 e. The Morgan fingerprint density at radius 3 is 2.94 bits per heavy atom. The van der Waals surface area contributed by atoms with E-state index in [1.807, 2.05) is 30.1 Å². The molecule has 0 bridgehead atoms. The lowest BCUT2D eigenvalue weighted by Crippen LogP contribution is -2.34. The van der Waals surface area contributed by atoms with Gasteiger partial charge in [-0.3, -0.25) is 4.79 Å². The van der Waals surface area contributed by atoms with Crippen LogP contribution in [0.5, 0.6) is 0 Å². The summed E-state index contributed by atoms with van der Waals surface area (Å²) in [4.78, 5) is 13.6. The third-order valence-electron chi connectivity index (χ3n) is 3.12. The average molecular weight is 214 g/mol. The molecule has 0 N–H and O–H groups in total. The van der Waals surface area contributed by atoms with Gasteiger partial charge in [-0.25, -0.2) is 0 Å². The number of nitrogens with zero attached hydrogens (tertiary/aromatic N) is 2. The Bertz CT molecular complexity index is 447. The third-order valence-corrected chi connectivity index (χ3v) is 3.12. The van der Waals surface area contributed by atoms with E-state index in [0.29, 0.717) is 17.8 Å². The van der Waals surface area contributed by atoms with Gasteiger partial charge in [0.05, 0.1) is 17.7 Å². The van der Waals surface area contributed by atoms with E-state index in [1.54, 1.807) is 6.07 Å². The second-order valence-corrected chi connectivity index (χ2v) is 4.15. The van der Waals surface area contributed by atoms with Crippen molar-refractivity contribution in [3.8, 4) is 6.07 Å². The van der Waals surface area contributed by atoms with Crippen molar-refractivity contribution in [2.75, 3.05) is 11.9 Å². The van der Waals surface area contributed by atoms with Crippen LogP contribution in [0, 0.1) is 11.3 Å². The summed E-state index contributed by atoms with van der Waals surface area (Å²) in [6.45, 7) is 0. The summed E-state index contributed by atoms with van der Waals surface area (Å²) in [5.41, 5.74) is 1.58. The molecule has 0 radical (unpaired) electrons. The van der Waals surface area contributed by atoms with Crippen LogP contribution in [0.4, 0.5) is 5.69 Å². The fraction of sp³-hybridized carbons (Fsp3) is 0.385. The van der Waals surface area contributed by atoms with E-state index in [0.717, 1.165) is 18.5 Å². The Kier molecular flexibility index (Phi) is 2.91. The van der Waals surface area contributed by atoms with Gasteiger partial charge in [0, 0.05) is 19.2 Å². The summed E-state index contributed by atoms with van der Waals surface area (Å²) in [5.74, 6) is 0.310. The second kappa shape index (κ2) is 4.36. The Morgan fingerprint density at radius 2 is 2.31 bits per heavy atom. The summed E-state index contributed by atoms with van der Waals surface area (Å²) in [6.07, 6.45) is 2.59. The molecule has 0 amide bonds. The topological polar surface area (TPSA) is 44.1 Å². The number of nitriles is 1. The SMILES string of the molecule is CN(c1cccc(C#N)c1)C1CCCC1=O. The van der Waals surface area contributed by atoms with Gasteiger partial charge in [0.2, 0.25) is 0 Å². The molecule has 1 aliphatic carbocycles. The predicted molar refractivity (Wildman–Crippen MR) is 62.2 cm³/mol. The van der Waals surface area contributed by atoms with Gasteiger partial charge in [0.1, 0.15) is 0 Å². The lowest BCUT2D eigenvalue weighted by molar-refractivity contribution is -0.118. The van der Waals surface area contributed by atoms with Crippen molar-refractivity contribution in [2.45, 2.75) is 25.3 Å². The number of carbonyl (C=O) groups excluding carboxylic acids is 1. The molecule has 0 spiro atoms. The highest BCUT2D eigenvalue weighted by Gasteiger charge is 2.28. The molecule has 0 heterocycles. The largest absolute Gasteiger partial charge is 0.365 e. The maximum Gasteiger partial charge on any atom is 0.155 e. The van der Waals surface area contributed by atoms with Crippen LogP contribution >= 0.6 is 0 Å². The van der Waals surface area contributed by atoms with Crippen LogP contribution in [0.1, 0.15) is 24.8 Å². The minimum absolute atomic E-state index is 0.00561. The number of likely N-dealkylation sites (N-methyl/N-ethyl adjacent to an activating group) is 1. The first kappa shape index (κ1) is 10.7. The van der Waals surface area contributed by atoms with Crippen molar-refractivity contribution in [3.05, 3.63) is 29.8 Å². The van der Waals surface area contributed by atoms with E-state index in [-0.39, 0.29) is 6.04 Å². The van der Waals surface area contributed by atoms with Crippen molar-refractivity contribution in [3.63, 3.8) is 0 Å². The van der Waals surface area contributed by atoms with Crippen molar-refractivity contribution in [1.82, 2.24) is 0 Å². The Labute approximate surface area is 95.3 Å². The molecule has 2 rings (SSSR count). The zero-order valence-electron chi connectivity index (χ0n) is 9.31. The quantitative estimate of drug-likeness (QED) is 0.757. The van der Waals surface area contributed by atoms with E-state index in [9.17, 15) is 4.79 Å². The first-order valence-electron chi connectivity index (χ1n) is 5.48. The molecule has 3 nitrogen and oxygen atoms in total. The standard InChI is InChI=1S/C13H14N2O/c1-15(12-6-3-7-13(12)16)11-5-2-4-10(8-11)9-14/h2,4-5,8,12H,3,6-7H2,1H3. The Hall–Kier alpha value is -1.82. The number of hydrogen-bond donors (Lipinski definition) is 0. The lowest BCUT2D eigenvalue weighted by Gasteiger charge is -2.25. The first-order valence-corrected chi connectivity index (χ1v) is 5.48. The van der Waals surface area contributed by atoms with Gasteiger partial charge in [-0.1, -0.05) is 6.07 Å². The monoisotopic (exact) mass is 214 g/mol.